The van der Waals surface area contributed by atoms with E-state index in [-0.39, 0.29) is 10.6 Å². The number of nitrogens with zero attached hydrogens (tertiary/aromatic N) is 2. The molecule has 1 amide bonds. The van der Waals surface area contributed by atoms with E-state index in [1.165, 1.54) is 44.4 Å². The van der Waals surface area contributed by atoms with Crippen LogP contribution in [0, 0.1) is 0 Å². The third-order valence-electron chi connectivity index (χ3n) is 3.70. The summed E-state index contributed by atoms with van der Waals surface area (Å²) in [5.74, 6) is -0.572. The van der Waals surface area contributed by atoms with Gasteiger partial charge in [-0.1, -0.05) is 17.7 Å². The van der Waals surface area contributed by atoms with E-state index in [1.807, 2.05) is 0 Å². The lowest BCUT2D eigenvalue weighted by atomic mass is 10.3. The van der Waals surface area contributed by atoms with Gasteiger partial charge in [0.25, 0.3) is 0 Å². The molecule has 0 saturated carbocycles. The number of rotatable bonds is 7. The molecule has 0 aliphatic rings. The van der Waals surface area contributed by atoms with Gasteiger partial charge in [-0.05, 0) is 42.5 Å². The highest BCUT2D eigenvalue weighted by Gasteiger charge is 2.23. The van der Waals surface area contributed by atoms with Crippen molar-refractivity contribution in [2.24, 2.45) is 0 Å². The topological polar surface area (TPSA) is 104 Å². The molecule has 0 heterocycles. The minimum atomic E-state index is -3.79. The van der Waals surface area contributed by atoms with Gasteiger partial charge in [0.2, 0.25) is 26.0 Å². The second-order valence-corrected chi connectivity index (χ2v) is 10.6. The van der Waals surface area contributed by atoms with Crippen LogP contribution in [0.5, 0.6) is 0 Å². The maximum atomic E-state index is 12.3. The van der Waals surface area contributed by atoms with Gasteiger partial charge in [-0.15, -0.1) is 0 Å². The van der Waals surface area contributed by atoms with E-state index in [0.29, 0.717) is 10.7 Å². The van der Waals surface area contributed by atoms with E-state index in [2.05, 4.69) is 5.32 Å². The highest BCUT2D eigenvalue weighted by Crippen LogP contribution is 2.22. The van der Waals surface area contributed by atoms with Gasteiger partial charge in [-0.3, -0.25) is 9.10 Å². The SMILES string of the molecule is CN(C)S(=O)(=O)c1ccc(N(CC(=O)Nc2cccc(Cl)c2)S(C)(=O)=O)cc1. The molecule has 0 spiro atoms. The van der Waals surface area contributed by atoms with E-state index in [9.17, 15) is 21.6 Å². The zero-order valence-electron chi connectivity index (χ0n) is 15.5. The summed E-state index contributed by atoms with van der Waals surface area (Å²) in [6.07, 6.45) is 0.962. The molecule has 11 heteroatoms. The summed E-state index contributed by atoms with van der Waals surface area (Å²) < 4.78 is 50.5. The Bertz CT molecular complexity index is 1070. The Balaban J connectivity index is 2.26. The van der Waals surface area contributed by atoms with Crippen LogP contribution in [0.2, 0.25) is 5.02 Å². The minimum Gasteiger partial charge on any atom is -0.324 e. The summed E-state index contributed by atoms with van der Waals surface area (Å²) in [7, 11) is -4.65. The van der Waals surface area contributed by atoms with Gasteiger partial charge in [-0.25, -0.2) is 21.1 Å². The molecule has 2 aromatic rings. The number of halogens is 1. The highest BCUT2D eigenvalue weighted by molar-refractivity contribution is 7.92. The summed E-state index contributed by atoms with van der Waals surface area (Å²) in [6.45, 7) is -0.481. The maximum Gasteiger partial charge on any atom is 0.245 e. The molecule has 8 nitrogen and oxygen atoms in total. The first-order chi connectivity index (χ1) is 12.9. The van der Waals surface area contributed by atoms with E-state index in [4.69, 9.17) is 11.6 Å². The molecular formula is C17H20ClN3O5S2. The summed E-state index contributed by atoms with van der Waals surface area (Å²) in [5.41, 5.74) is 0.597. The molecule has 0 aromatic heterocycles. The van der Waals surface area contributed by atoms with Crippen molar-refractivity contribution in [1.82, 2.24) is 4.31 Å². The molecule has 0 aliphatic carbocycles. The third kappa shape index (κ3) is 5.44. The lowest BCUT2D eigenvalue weighted by Gasteiger charge is -2.22. The maximum absolute atomic E-state index is 12.3. The minimum absolute atomic E-state index is 0.0121. The van der Waals surface area contributed by atoms with Gasteiger partial charge in [0.05, 0.1) is 16.8 Å². The smallest absolute Gasteiger partial charge is 0.245 e. The number of nitrogens with one attached hydrogen (secondary N) is 1. The Morgan fingerprint density at radius 3 is 2.14 bits per heavy atom. The Hall–Kier alpha value is -2.14. The second-order valence-electron chi connectivity index (χ2n) is 6.11. The second kappa shape index (κ2) is 8.48. The fourth-order valence-corrected chi connectivity index (χ4v) is 4.24. The van der Waals surface area contributed by atoms with Crippen molar-refractivity contribution in [3.63, 3.8) is 0 Å². The van der Waals surface area contributed by atoms with Gasteiger partial charge in [0.1, 0.15) is 6.54 Å². The molecule has 1 N–H and O–H groups in total. The van der Waals surface area contributed by atoms with E-state index in [1.54, 1.807) is 18.2 Å². The van der Waals surface area contributed by atoms with Crippen molar-refractivity contribution in [2.45, 2.75) is 4.90 Å². The first-order valence-electron chi connectivity index (χ1n) is 7.97. The van der Waals surface area contributed by atoms with E-state index in [0.717, 1.165) is 14.9 Å². The number of sulfonamides is 2. The normalized spacial score (nSPS) is 12.0. The monoisotopic (exact) mass is 445 g/mol. The van der Waals surface area contributed by atoms with E-state index < -0.39 is 32.5 Å². The molecule has 152 valence electrons. The van der Waals surface area contributed by atoms with Crippen LogP contribution in [0.4, 0.5) is 11.4 Å². The number of carbonyl (C=O) groups excluding carboxylic acids is 1. The van der Waals surface area contributed by atoms with Crippen molar-refractivity contribution in [3.8, 4) is 0 Å². The van der Waals surface area contributed by atoms with Crippen LogP contribution in [0.3, 0.4) is 0 Å². The van der Waals surface area contributed by atoms with Crippen LogP contribution in [-0.4, -0.2) is 53.9 Å². The van der Waals surface area contributed by atoms with Crippen molar-refractivity contribution < 1.29 is 21.6 Å². The summed E-state index contributed by atoms with van der Waals surface area (Å²) in [6, 6.07) is 11.7. The molecule has 0 radical (unpaired) electrons. The number of carbonyl (C=O) groups is 1. The van der Waals surface area contributed by atoms with Crippen LogP contribution >= 0.6 is 11.6 Å². The fraction of sp³-hybridized carbons (Fsp3) is 0.235. The van der Waals surface area contributed by atoms with Gasteiger partial charge in [-0.2, -0.15) is 0 Å². The van der Waals surface area contributed by atoms with Crippen LogP contribution in [0.15, 0.2) is 53.4 Å². The van der Waals surface area contributed by atoms with Crippen molar-refractivity contribution in [2.75, 3.05) is 36.5 Å². The van der Waals surface area contributed by atoms with Crippen LogP contribution in [-0.2, 0) is 24.8 Å². The van der Waals surface area contributed by atoms with Crippen molar-refractivity contribution in [1.29, 1.82) is 0 Å². The van der Waals surface area contributed by atoms with E-state index >= 15 is 0 Å². The predicted molar refractivity (Wildman–Crippen MR) is 110 cm³/mol. The third-order valence-corrected chi connectivity index (χ3v) is 6.90. The Morgan fingerprint density at radius 2 is 1.64 bits per heavy atom. The molecule has 0 atom stereocenters. The van der Waals surface area contributed by atoms with Crippen LogP contribution < -0.4 is 9.62 Å². The van der Waals surface area contributed by atoms with Gasteiger partial charge >= 0.3 is 0 Å². The molecule has 28 heavy (non-hydrogen) atoms. The summed E-state index contributed by atoms with van der Waals surface area (Å²) in [5, 5.41) is 3.00. The Labute approximate surface area is 169 Å². The van der Waals surface area contributed by atoms with Crippen molar-refractivity contribution in [3.05, 3.63) is 53.6 Å². The largest absolute Gasteiger partial charge is 0.324 e. The standard InChI is InChI=1S/C17H20ClN3O5S2/c1-20(2)28(25,26)16-9-7-15(8-10-16)21(27(3,23)24)12-17(22)19-14-6-4-5-13(18)11-14/h4-11H,12H2,1-3H3,(H,19,22). The van der Waals surface area contributed by atoms with Gasteiger partial charge in [0.15, 0.2) is 0 Å². The van der Waals surface area contributed by atoms with Gasteiger partial charge < -0.3 is 5.32 Å². The zero-order valence-corrected chi connectivity index (χ0v) is 17.8. The Morgan fingerprint density at radius 1 is 1.04 bits per heavy atom. The van der Waals surface area contributed by atoms with Crippen LogP contribution in [0.25, 0.3) is 0 Å². The average Bonchev–Trinajstić information content (AvgIpc) is 2.58. The van der Waals surface area contributed by atoms with Gasteiger partial charge in [0, 0.05) is 24.8 Å². The first kappa shape index (κ1) is 22.2. The molecule has 0 saturated heterocycles. The number of amides is 1. The molecule has 0 fully saturated rings. The molecule has 0 aliphatic heterocycles. The summed E-state index contributed by atoms with van der Waals surface area (Å²) >= 11 is 5.87. The summed E-state index contributed by atoms with van der Waals surface area (Å²) in [4.78, 5) is 12.3. The lowest BCUT2D eigenvalue weighted by Crippen LogP contribution is -2.37. The predicted octanol–water partition coefficient (Wildman–Crippen LogP) is 1.99. The molecule has 0 unspecified atom stereocenters. The molecule has 2 aromatic carbocycles. The van der Waals surface area contributed by atoms with Crippen molar-refractivity contribution >= 4 is 48.9 Å². The first-order valence-corrected chi connectivity index (χ1v) is 11.6. The highest BCUT2D eigenvalue weighted by atomic mass is 35.5. The zero-order chi connectivity index (χ0) is 21.1. The molecule has 2 rings (SSSR count). The van der Waals surface area contributed by atoms with Crippen LogP contribution in [0.1, 0.15) is 0 Å². The molecule has 0 bridgehead atoms. The quantitative estimate of drug-likeness (QED) is 0.701. The number of benzene rings is 2. The lowest BCUT2D eigenvalue weighted by molar-refractivity contribution is -0.114. The average molecular weight is 446 g/mol. The fourth-order valence-electron chi connectivity index (χ4n) is 2.29. The Kier molecular flexibility index (Phi) is 6.71. The number of anilines is 2. The molecular weight excluding hydrogens is 426 g/mol. The number of hydrogen-bond acceptors (Lipinski definition) is 5. The number of hydrogen-bond donors (Lipinski definition) is 1.